The second kappa shape index (κ2) is 3.54. The van der Waals surface area contributed by atoms with Crippen LogP contribution in [0, 0.1) is 10.8 Å². The van der Waals surface area contributed by atoms with E-state index in [1.54, 1.807) is 13.8 Å². The molecule has 1 amide bonds. The lowest BCUT2D eigenvalue weighted by atomic mass is 9.95. The summed E-state index contributed by atoms with van der Waals surface area (Å²) in [5.41, 5.74) is -1.79. The molecular weight excluding hydrogens is 224 g/mol. The molecule has 0 saturated heterocycles. The topological polar surface area (TPSA) is 108 Å². The van der Waals surface area contributed by atoms with Crippen molar-refractivity contribution in [1.29, 1.82) is 0 Å². The first-order chi connectivity index (χ1) is 7.90. The van der Waals surface area contributed by atoms with E-state index in [0.29, 0.717) is 12.2 Å². The van der Waals surface area contributed by atoms with Crippen LogP contribution in [0.3, 0.4) is 0 Å². The standard InChI is InChI=1S/C10H14N4O3/c1-9(2)4-10(9,8(16)17)7(15)11-3-6-12-5-13-14-6/h5H,3-4H2,1-2H3,(H,11,15)(H,16,17)(H,12,13,14). The highest BCUT2D eigenvalue weighted by Crippen LogP contribution is 2.63. The van der Waals surface area contributed by atoms with E-state index in [0.717, 1.165) is 0 Å². The maximum atomic E-state index is 11.9. The van der Waals surface area contributed by atoms with Crippen LogP contribution in [0.4, 0.5) is 0 Å². The summed E-state index contributed by atoms with van der Waals surface area (Å²) < 4.78 is 0. The lowest BCUT2D eigenvalue weighted by Crippen LogP contribution is -2.39. The average Bonchev–Trinajstić information content (AvgIpc) is 2.65. The number of aromatic amines is 1. The summed E-state index contributed by atoms with van der Waals surface area (Å²) in [6, 6.07) is 0. The van der Waals surface area contributed by atoms with Crippen molar-refractivity contribution in [2.24, 2.45) is 10.8 Å². The number of carboxylic acid groups (broad SMARTS) is 1. The lowest BCUT2D eigenvalue weighted by molar-refractivity contribution is -0.150. The molecule has 1 aliphatic rings. The predicted octanol–water partition coefficient (Wildman–Crippen LogP) is -0.0782. The van der Waals surface area contributed by atoms with Gasteiger partial charge in [-0.05, 0) is 11.8 Å². The molecule has 17 heavy (non-hydrogen) atoms. The van der Waals surface area contributed by atoms with Gasteiger partial charge in [-0.25, -0.2) is 4.98 Å². The number of carbonyl (C=O) groups is 2. The summed E-state index contributed by atoms with van der Waals surface area (Å²) >= 11 is 0. The highest BCUT2D eigenvalue weighted by Gasteiger charge is 2.71. The summed E-state index contributed by atoms with van der Waals surface area (Å²) in [5.74, 6) is -1.04. The zero-order valence-electron chi connectivity index (χ0n) is 9.65. The summed E-state index contributed by atoms with van der Waals surface area (Å²) in [5, 5.41) is 18.0. The van der Waals surface area contributed by atoms with E-state index in [1.807, 2.05) is 0 Å². The SMILES string of the molecule is CC1(C)CC1(C(=O)O)C(=O)NCc1ncn[nH]1. The maximum absolute atomic E-state index is 11.9. The van der Waals surface area contributed by atoms with Gasteiger partial charge in [-0.1, -0.05) is 13.8 Å². The Labute approximate surface area is 97.6 Å². The lowest BCUT2D eigenvalue weighted by Gasteiger charge is -2.14. The smallest absolute Gasteiger partial charge is 0.319 e. The van der Waals surface area contributed by atoms with Crippen molar-refractivity contribution < 1.29 is 14.7 Å². The van der Waals surface area contributed by atoms with E-state index in [-0.39, 0.29) is 6.54 Å². The van der Waals surface area contributed by atoms with Crippen LogP contribution in [-0.2, 0) is 16.1 Å². The predicted molar refractivity (Wildman–Crippen MR) is 56.7 cm³/mol. The second-order valence-electron chi connectivity index (χ2n) is 4.89. The first-order valence-electron chi connectivity index (χ1n) is 5.26. The fourth-order valence-corrected chi connectivity index (χ4v) is 2.10. The Hall–Kier alpha value is -1.92. The molecule has 2 rings (SSSR count). The van der Waals surface area contributed by atoms with Crippen LogP contribution in [0.25, 0.3) is 0 Å². The summed E-state index contributed by atoms with van der Waals surface area (Å²) in [7, 11) is 0. The molecular formula is C10H14N4O3. The first-order valence-corrected chi connectivity index (χ1v) is 5.26. The van der Waals surface area contributed by atoms with Crippen molar-refractivity contribution in [2.45, 2.75) is 26.8 Å². The van der Waals surface area contributed by atoms with Crippen molar-refractivity contribution in [1.82, 2.24) is 20.5 Å². The van der Waals surface area contributed by atoms with E-state index in [2.05, 4.69) is 20.5 Å². The number of carboxylic acids is 1. The minimum Gasteiger partial charge on any atom is -0.480 e. The molecule has 92 valence electrons. The van der Waals surface area contributed by atoms with E-state index in [1.165, 1.54) is 6.33 Å². The van der Waals surface area contributed by atoms with Crippen LogP contribution >= 0.6 is 0 Å². The number of aromatic nitrogens is 3. The maximum Gasteiger partial charge on any atom is 0.319 e. The normalized spacial score (nSPS) is 25.3. The van der Waals surface area contributed by atoms with Gasteiger partial charge in [-0.15, -0.1) is 0 Å². The molecule has 1 heterocycles. The number of aliphatic carboxylic acids is 1. The molecule has 1 aromatic rings. The highest BCUT2D eigenvalue weighted by molar-refractivity contribution is 6.06. The number of carbonyl (C=O) groups excluding carboxylic acids is 1. The number of H-pyrrole nitrogens is 1. The Morgan fingerprint density at radius 1 is 1.59 bits per heavy atom. The third-order valence-electron chi connectivity index (χ3n) is 3.37. The van der Waals surface area contributed by atoms with Gasteiger partial charge in [0.25, 0.3) is 0 Å². The van der Waals surface area contributed by atoms with Crippen LogP contribution in [0.2, 0.25) is 0 Å². The molecule has 0 bridgehead atoms. The molecule has 7 nitrogen and oxygen atoms in total. The summed E-state index contributed by atoms with van der Waals surface area (Å²) in [4.78, 5) is 27.0. The molecule has 1 aliphatic carbocycles. The van der Waals surface area contributed by atoms with Crippen LogP contribution < -0.4 is 5.32 Å². The van der Waals surface area contributed by atoms with Crippen molar-refractivity contribution in [3.05, 3.63) is 12.2 Å². The summed E-state index contributed by atoms with van der Waals surface area (Å²) in [6.07, 6.45) is 1.69. The molecule has 0 aromatic carbocycles. The van der Waals surface area contributed by atoms with Crippen molar-refractivity contribution in [3.8, 4) is 0 Å². The third-order valence-corrected chi connectivity index (χ3v) is 3.37. The number of hydrogen-bond acceptors (Lipinski definition) is 4. The Morgan fingerprint density at radius 3 is 2.65 bits per heavy atom. The number of nitrogens with zero attached hydrogens (tertiary/aromatic N) is 2. The van der Waals surface area contributed by atoms with Gasteiger partial charge < -0.3 is 10.4 Å². The fourth-order valence-electron chi connectivity index (χ4n) is 2.10. The molecule has 1 fully saturated rings. The van der Waals surface area contributed by atoms with Gasteiger partial charge in [0.05, 0.1) is 6.54 Å². The number of rotatable bonds is 4. The zero-order chi connectivity index (χ0) is 12.7. The first kappa shape index (κ1) is 11.6. The number of hydrogen-bond donors (Lipinski definition) is 3. The highest BCUT2D eigenvalue weighted by atomic mass is 16.4. The number of nitrogens with one attached hydrogen (secondary N) is 2. The van der Waals surface area contributed by atoms with Gasteiger partial charge in [-0.2, -0.15) is 5.10 Å². The van der Waals surface area contributed by atoms with Gasteiger partial charge in [0.2, 0.25) is 5.91 Å². The molecule has 1 atom stereocenters. The molecule has 1 unspecified atom stereocenters. The molecule has 0 aliphatic heterocycles. The Balaban J connectivity index is 2.03. The van der Waals surface area contributed by atoms with Gasteiger partial charge in [0, 0.05) is 0 Å². The Bertz CT molecular complexity index is 454. The van der Waals surface area contributed by atoms with Crippen molar-refractivity contribution in [2.75, 3.05) is 0 Å². The molecule has 1 aromatic heterocycles. The molecule has 1 saturated carbocycles. The minimum absolute atomic E-state index is 0.157. The average molecular weight is 238 g/mol. The van der Waals surface area contributed by atoms with E-state index in [4.69, 9.17) is 0 Å². The van der Waals surface area contributed by atoms with E-state index >= 15 is 0 Å². The van der Waals surface area contributed by atoms with Gasteiger partial charge >= 0.3 is 5.97 Å². The van der Waals surface area contributed by atoms with E-state index < -0.39 is 22.7 Å². The monoisotopic (exact) mass is 238 g/mol. The van der Waals surface area contributed by atoms with Crippen LogP contribution in [0.1, 0.15) is 26.1 Å². The van der Waals surface area contributed by atoms with Crippen molar-refractivity contribution in [3.63, 3.8) is 0 Å². The molecule has 0 spiro atoms. The van der Waals surface area contributed by atoms with Gasteiger partial charge in [0.15, 0.2) is 5.41 Å². The van der Waals surface area contributed by atoms with Gasteiger partial charge in [0.1, 0.15) is 12.2 Å². The molecule has 7 heteroatoms. The fraction of sp³-hybridized carbons (Fsp3) is 0.600. The largest absolute Gasteiger partial charge is 0.480 e. The Kier molecular flexibility index (Phi) is 2.41. The zero-order valence-corrected chi connectivity index (χ0v) is 9.65. The Morgan fingerprint density at radius 2 is 2.24 bits per heavy atom. The van der Waals surface area contributed by atoms with Gasteiger partial charge in [-0.3, -0.25) is 14.7 Å². The van der Waals surface area contributed by atoms with Crippen LogP contribution in [0.5, 0.6) is 0 Å². The number of amides is 1. The van der Waals surface area contributed by atoms with Crippen molar-refractivity contribution >= 4 is 11.9 Å². The minimum atomic E-state index is -1.30. The van der Waals surface area contributed by atoms with Crippen LogP contribution in [0.15, 0.2) is 6.33 Å². The summed E-state index contributed by atoms with van der Waals surface area (Å²) in [6.45, 7) is 3.70. The molecule has 3 N–H and O–H groups in total. The quantitative estimate of drug-likeness (QED) is 0.636. The van der Waals surface area contributed by atoms with E-state index in [9.17, 15) is 14.7 Å². The van der Waals surface area contributed by atoms with Crippen LogP contribution in [-0.4, -0.2) is 32.2 Å². The molecule has 0 radical (unpaired) electrons. The second-order valence-corrected chi connectivity index (χ2v) is 4.89. The third kappa shape index (κ3) is 1.67.